The number of terminal acetylenes is 1. The zero-order chi connectivity index (χ0) is 14.8. The van der Waals surface area contributed by atoms with Crippen LogP contribution in [0.2, 0.25) is 0 Å². The van der Waals surface area contributed by atoms with Gasteiger partial charge in [-0.1, -0.05) is 5.92 Å². The molecule has 0 atom stereocenters. The normalized spacial score (nSPS) is 15.3. The van der Waals surface area contributed by atoms with Crippen LogP contribution in [0.15, 0.2) is 23.1 Å². The number of halogens is 1. The van der Waals surface area contributed by atoms with Gasteiger partial charge in [0.25, 0.3) is 0 Å². The van der Waals surface area contributed by atoms with E-state index in [1.54, 1.807) is 0 Å². The fourth-order valence-electron chi connectivity index (χ4n) is 1.78. The van der Waals surface area contributed by atoms with Crippen LogP contribution in [0.25, 0.3) is 0 Å². The summed E-state index contributed by atoms with van der Waals surface area (Å²) in [5.74, 6) is 1.87. The lowest BCUT2D eigenvalue weighted by atomic mass is 10.2. The SMILES string of the molecule is C#CCN(C)S(=O)(=O)c1ccc(F)c(CNC2CC2)c1. The molecular formula is C14H17FN2O2S. The van der Waals surface area contributed by atoms with Crippen molar-refractivity contribution in [2.75, 3.05) is 13.6 Å². The summed E-state index contributed by atoms with van der Waals surface area (Å²) in [6.45, 7) is 0.314. The van der Waals surface area contributed by atoms with Gasteiger partial charge in [-0.25, -0.2) is 12.8 Å². The smallest absolute Gasteiger partial charge is 0.243 e. The Kier molecular flexibility index (Phi) is 4.43. The van der Waals surface area contributed by atoms with Gasteiger partial charge in [-0.2, -0.15) is 4.31 Å². The Balaban J connectivity index is 2.23. The fraction of sp³-hybridized carbons (Fsp3) is 0.429. The molecule has 6 heteroatoms. The molecule has 1 aromatic rings. The van der Waals surface area contributed by atoms with E-state index in [0.717, 1.165) is 17.1 Å². The molecule has 0 radical (unpaired) electrons. The summed E-state index contributed by atoms with van der Waals surface area (Å²) in [7, 11) is -2.26. The molecule has 0 spiro atoms. The molecular weight excluding hydrogens is 279 g/mol. The fourth-order valence-corrected chi connectivity index (χ4v) is 2.92. The van der Waals surface area contributed by atoms with Crippen LogP contribution in [0.5, 0.6) is 0 Å². The molecule has 1 N–H and O–H groups in total. The standard InChI is InChI=1S/C14H17FN2O2S/c1-3-8-17(2)20(18,19)13-6-7-14(15)11(9-13)10-16-12-4-5-12/h1,6-7,9,12,16H,4-5,8,10H2,2H3. The highest BCUT2D eigenvalue weighted by molar-refractivity contribution is 7.89. The zero-order valence-corrected chi connectivity index (χ0v) is 12.1. The van der Waals surface area contributed by atoms with Gasteiger partial charge in [-0.15, -0.1) is 6.42 Å². The summed E-state index contributed by atoms with van der Waals surface area (Å²) >= 11 is 0. The van der Waals surface area contributed by atoms with Gasteiger partial charge in [0.2, 0.25) is 10.0 Å². The van der Waals surface area contributed by atoms with Crippen LogP contribution in [0, 0.1) is 18.2 Å². The molecule has 0 aromatic heterocycles. The quantitative estimate of drug-likeness (QED) is 0.806. The van der Waals surface area contributed by atoms with E-state index >= 15 is 0 Å². The highest BCUT2D eigenvalue weighted by Gasteiger charge is 2.23. The first-order valence-electron chi connectivity index (χ1n) is 6.36. The Hall–Kier alpha value is -1.42. The van der Waals surface area contributed by atoms with Gasteiger partial charge in [-0.3, -0.25) is 0 Å². The van der Waals surface area contributed by atoms with Crippen molar-refractivity contribution in [2.24, 2.45) is 0 Å². The highest BCUT2D eigenvalue weighted by atomic mass is 32.2. The number of hydrogen-bond donors (Lipinski definition) is 1. The largest absolute Gasteiger partial charge is 0.310 e. The lowest BCUT2D eigenvalue weighted by Gasteiger charge is -2.15. The van der Waals surface area contributed by atoms with Crippen LogP contribution in [-0.4, -0.2) is 32.4 Å². The molecule has 1 aliphatic rings. The lowest BCUT2D eigenvalue weighted by molar-refractivity contribution is 0.502. The average molecular weight is 296 g/mol. The van der Waals surface area contributed by atoms with Gasteiger partial charge in [-0.05, 0) is 31.0 Å². The van der Waals surface area contributed by atoms with Crippen molar-refractivity contribution in [3.63, 3.8) is 0 Å². The van der Waals surface area contributed by atoms with E-state index in [4.69, 9.17) is 6.42 Å². The van der Waals surface area contributed by atoms with E-state index in [1.165, 1.54) is 25.2 Å². The molecule has 0 heterocycles. The van der Waals surface area contributed by atoms with Gasteiger partial charge < -0.3 is 5.32 Å². The third kappa shape index (κ3) is 3.37. The minimum atomic E-state index is -3.67. The third-order valence-electron chi connectivity index (χ3n) is 3.20. The number of nitrogens with zero attached hydrogens (tertiary/aromatic N) is 1. The predicted molar refractivity (Wildman–Crippen MR) is 74.9 cm³/mol. The van der Waals surface area contributed by atoms with E-state index in [9.17, 15) is 12.8 Å². The first-order valence-corrected chi connectivity index (χ1v) is 7.81. The van der Waals surface area contributed by atoms with Crippen LogP contribution in [0.1, 0.15) is 18.4 Å². The second kappa shape index (κ2) is 5.92. The van der Waals surface area contributed by atoms with Crippen LogP contribution < -0.4 is 5.32 Å². The molecule has 2 rings (SSSR count). The highest BCUT2D eigenvalue weighted by Crippen LogP contribution is 2.22. The molecule has 0 amide bonds. The maximum Gasteiger partial charge on any atom is 0.243 e. The van der Waals surface area contributed by atoms with Gasteiger partial charge >= 0.3 is 0 Å². The Labute approximate surface area is 119 Å². The van der Waals surface area contributed by atoms with Crippen LogP contribution in [-0.2, 0) is 16.6 Å². The molecule has 0 saturated heterocycles. The van der Waals surface area contributed by atoms with E-state index in [2.05, 4.69) is 11.2 Å². The molecule has 1 aromatic carbocycles. The molecule has 20 heavy (non-hydrogen) atoms. The summed E-state index contributed by atoms with van der Waals surface area (Å²) in [6.07, 6.45) is 7.30. The number of benzene rings is 1. The van der Waals surface area contributed by atoms with E-state index in [1.807, 2.05) is 0 Å². The molecule has 1 fully saturated rings. The topological polar surface area (TPSA) is 49.4 Å². The third-order valence-corrected chi connectivity index (χ3v) is 5.00. The van der Waals surface area contributed by atoms with Gasteiger partial charge in [0.1, 0.15) is 5.82 Å². The molecule has 1 aliphatic carbocycles. The van der Waals surface area contributed by atoms with Crippen molar-refractivity contribution in [3.8, 4) is 12.3 Å². The van der Waals surface area contributed by atoms with Crippen LogP contribution >= 0.6 is 0 Å². The van der Waals surface area contributed by atoms with Crippen LogP contribution in [0.4, 0.5) is 4.39 Å². The summed E-state index contributed by atoms with van der Waals surface area (Å²) in [5, 5.41) is 3.17. The monoisotopic (exact) mass is 296 g/mol. The number of sulfonamides is 1. The second-order valence-electron chi connectivity index (χ2n) is 4.87. The first-order chi connectivity index (χ1) is 9.45. The average Bonchev–Trinajstić information content (AvgIpc) is 3.22. The first kappa shape index (κ1) is 15.0. The molecule has 1 saturated carbocycles. The molecule has 4 nitrogen and oxygen atoms in total. The van der Waals surface area contributed by atoms with Crippen molar-refractivity contribution >= 4 is 10.0 Å². The van der Waals surface area contributed by atoms with Gasteiger partial charge in [0.15, 0.2) is 0 Å². The summed E-state index contributed by atoms with van der Waals surface area (Å²) in [5.41, 5.74) is 0.354. The molecule has 0 bridgehead atoms. The maximum absolute atomic E-state index is 13.7. The Morgan fingerprint density at radius 2 is 2.20 bits per heavy atom. The Morgan fingerprint density at radius 1 is 1.50 bits per heavy atom. The van der Waals surface area contributed by atoms with Crippen molar-refractivity contribution in [2.45, 2.75) is 30.3 Å². The molecule has 0 aliphatic heterocycles. The Bertz CT molecular complexity index is 633. The van der Waals surface area contributed by atoms with Crippen LogP contribution in [0.3, 0.4) is 0 Å². The number of nitrogens with one attached hydrogen (secondary N) is 1. The molecule has 0 unspecified atom stereocenters. The number of rotatable bonds is 6. The van der Waals surface area contributed by atoms with E-state index in [0.29, 0.717) is 18.2 Å². The minimum Gasteiger partial charge on any atom is -0.310 e. The zero-order valence-electron chi connectivity index (χ0n) is 11.3. The van der Waals surface area contributed by atoms with Gasteiger partial charge in [0, 0.05) is 25.2 Å². The van der Waals surface area contributed by atoms with Crippen molar-refractivity contribution < 1.29 is 12.8 Å². The molecule has 108 valence electrons. The second-order valence-corrected chi connectivity index (χ2v) is 6.92. The van der Waals surface area contributed by atoms with Gasteiger partial charge in [0.05, 0.1) is 11.4 Å². The van der Waals surface area contributed by atoms with E-state index in [-0.39, 0.29) is 11.4 Å². The number of hydrogen-bond acceptors (Lipinski definition) is 3. The minimum absolute atomic E-state index is 0.0185. The lowest BCUT2D eigenvalue weighted by Crippen LogP contribution is -2.27. The maximum atomic E-state index is 13.7. The predicted octanol–water partition coefficient (Wildman–Crippen LogP) is 1.33. The summed E-state index contributed by atoms with van der Waals surface area (Å²) < 4.78 is 39.2. The Morgan fingerprint density at radius 3 is 2.80 bits per heavy atom. The summed E-state index contributed by atoms with van der Waals surface area (Å²) in [4.78, 5) is 0.0595. The van der Waals surface area contributed by atoms with Crippen molar-refractivity contribution in [3.05, 3.63) is 29.6 Å². The summed E-state index contributed by atoms with van der Waals surface area (Å²) in [6, 6.07) is 4.24. The van der Waals surface area contributed by atoms with Crippen molar-refractivity contribution in [1.29, 1.82) is 0 Å². The van der Waals surface area contributed by atoms with E-state index < -0.39 is 15.8 Å². The van der Waals surface area contributed by atoms with Crippen molar-refractivity contribution in [1.82, 2.24) is 9.62 Å².